The Balaban J connectivity index is 1.52. The molecule has 2 aromatic heterocycles. The molecule has 1 atom stereocenters. The highest BCUT2D eigenvalue weighted by Crippen LogP contribution is 2.22. The zero-order valence-electron chi connectivity index (χ0n) is 17.1. The third kappa shape index (κ3) is 4.09. The molecule has 0 saturated carbocycles. The number of fused-ring (bicyclic) bond motifs is 1. The van der Waals surface area contributed by atoms with E-state index >= 15 is 0 Å². The lowest BCUT2D eigenvalue weighted by Crippen LogP contribution is -2.42. The van der Waals surface area contributed by atoms with Crippen molar-refractivity contribution < 1.29 is 0 Å². The minimum atomic E-state index is 0.424. The molecular formula is C21H29N7. The summed E-state index contributed by atoms with van der Waals surface area (Å²) in [6.07, 6.45) is 2.39. The molecule has 148 valence electrons. The van der Waals surface area contributed by atoms with Crippen molar-refractivity contribution in [3.63, 3.8) is 0 Å². The lowest BCUT2D eigenvalue weighted by molar-refractivity contribution is 0.226. The lowest BCUT2D eigenvalue weighted by atomic mass is 10.1. The maximum atomic E-state index is 4.67. The van der Waals surface area contributed by atoms with E-state index in [2.05, 4.69) is 68.4 Å². The molecule has 3 N–H and O–H groups in total. The van der Waals surface area contributed by atoms with Crippen LogP contribution < -0.4 is 10.6 Å². The van der Waals surface area contributed by atoms with Gasteiger partial charge in [-0.1, -0.05) is 6.92 Å². The number of H-pyrrole nitrogens is 1. The first kappa shape index (κ1) is 18.7. The standard InChI is InChI=1S/C21H29N7/c1-5-28-8-6-7-16(12-28)23-19-11-15(4)22-20(26-19)27-21-24-17-9-13(2)14(3)10-18(17)25-21/h9-11,16H,5-8,12H2,1-4H3,(H3,22,23,24,25,26,27). The predicted octanol–water partition coefficient (Wildman–Crippen LogP) is 3.92. The number of anilines is 3. The molecule has 4 rings (SSSR count). The van der Waals surface area contributed by atoms with Crippen LogP contribution in [0.25, 0.3) is 11.0 Å². The number of hydrogen-bond donors (Lipinski definition) is 3. The quantitative estimate of drug-likeness (QED) is 0.623. The fourth-order valence-electron chi connectivity index (χ4n) is 3.80. The number of aromatic amines is 1. The summed E-state index contributed by atoms with van der Waals surface area (Å²) >= 11 is 0. The van der Waals surface area contributed by atoms with Crippen LogP contribution in [0.2, 0.25) is 0 Å². The maximum absolute atomic E-state index is 4.67. The number of likely N-dealkylation sites (tertiary alicyclic amines) is 1. The number of aryl methyl sites for hydroxylation is 3. The highest BCUT2D eigenvalue weighted by atomic mass is 15.2. The Morgan fingerprint density at radius 1 is 1.11 bits per heavy atom. The molecule has 7 heteroatoms. The third-order valence-electron chi connectivity index (χ3n) is 5.49. The van der Waals surface area contributed by atoms with Crippen LogP contribution in [0.15, 0.2) is 18.2 Å². The van der Waals surface area contributed by atoms with Gasteiger partial charge in [-0.3, -0.25) is 5.32 Å². The summed E-state index contributed by atoms with van der Waals surface area (Å²) in [5.74, 6) is 2.07. The van der Waals surface area contributed by atoms with Crippen LogP contribution in [0.4, 0.5) is 17.7 Å². The maximum Gasteiger partial charge on any atom is 0.231 e. The molecule has 0 spiro atoms. The van der Waals surface area contributed by atoms with Crippen LogP contribution in [0.1, 0.15) is 36.6 Å². The summed E-state index contributed by atoms with van der Waals surface area (Å²) < 4.78 is 0. The fraction of sp³-hybridized carbons (Fsp3) is 0.476. The van der Waals surface area contributed by atoms with Crippen molar-refractivity contribution in [1.29, 1.82) is 0 Å². The Bertz CT molecular complexity index is 939. The topological polar surface area (TPSA) is 81.8 Å². The number of rotatable bonds is 5. The first-order valence-electron chi connectivity index (χ1n) is 10.1. The van der Waals surface area contributed by atoms with E-state index in [9.17, 15) is 0 Å². The first-order valence-corrected chi connectivity index (χ1v) is 10.1. The molecule has 28 heavy (non-hydrogen) atoms. The van der Waals surface area contributed by atoms with Gasteiger partial charge in [0, 0.05) is 24.3 Å². The number of benzene rings is 1. The molecule has 0 amide bonds. The number of nitrogens with one attached hydrogen (secondary N) is 3. The van der Waals surface area contributed by atoms with Crippen molar-refractivity contribution in [3.8, 4) is 0 Å². The lowest BCUT2D eigenvalue weighted by Gasteiger charge is -2.32. The molecule has 1 aliphatic rings. The zero-order chi connectivity index (χ0) is 19.7. The summed E-state index contributed by atoms with van der Waals surface area (Å²) in [7, 11) is 0. The van der Waals surface area contributed by atoms with Gasteiger partial charge in [-0.2, -0.15) is 4.98 Å². The van der Waals surface area contributed by atoms with Gasteiger partial charge in [-0.05, 0) is 70.0 Å². The number of nitrogens with zero attached hydrogens (tertiary/aromatic N) is 4. The van der Waals surface area contributed by atoms with Gasteiger partial charge in [0.2, 0.25) is 11.9 Å². The SMILES string of the molecule is CCN1CCCC(Nc2cc(C)nc(Nc3nc4cc(C)c(C)cc4[nH]3)n2)C1. The average molecular weight is 380 g/mol. The van der Waals surface area contributed by atoms with Crippen LogP contribution in [0.5, 0.6) is 0 Å². The van der Waals surface area contributed by atoms with Crippen molar-refractivity contribution in [2.75, 3.05) is 30.3 Å². The van der Waals surface area contributed by atoms with Crippen LogP contribution in [0.3, 0.4) is 0 Å². The highest BCUT2D eigenvalue weighted by Gasteiger charge is 2.19. The molecule has 0 bridgehead atoms. The number of imidazole rings is 1. The highest BCUT2D eigenvalue weighted by molar-refractivity contribution is 5.79. The van der Waals surface area contributed by atoms with Gasteiger partial charge < -0.3 is 15.2 Å². The molecule has 1 unspecified atom stereocenters. The monoisotopic (exact) mass is 379 g/mol. The average Bonchev–Trinajstić information content (AvgIpc) is 3.02. The summed E-state index contributed by atoms with van der Waals surface area (Å²) in [6.45, 7) is 11.8. The van der Waals surface area contributed by atoms with Gasteiger partial charge in [0.25, 0.3) is 0 Å². The Morgan fingerprint density at radius 3 is 2.75 bits per heavy atom. The van der Waals surface area contributed by atoms with Crippen molar-refractivity contribution in [2.24, 2.45) is 0 Å². The number of piperidine rings is 1. The van der Waals surface area contributed by atoms with Crippen molar-refractivity contribution in [2.45, 2.75) is 46.6 Å². The van der Waals surface area contributed by atoms with E-state index in [0.29, 0.717) is 17.9 Å². The predicted molar refractivity (Wildman–Crippen MR) is 114 cm³/mol. The van der Waals surface area contributed by atoms with E-state index in [1.807, 2.05) is 13.0 Å². The Morgan fingerprint density at radius 2 is 1.93 bits per heavy atom. The second-order valence-electron chi connectivity index (χ2n) is 7.76. The number of aromatic nitrogens is 4. The molecule has 1 fully saturated rings. The van der Waals surface area contributed by atoms with E-state index in [1.54, 1.807) is 0 Å². The fourth-order valence-corrected chi connectivity index (χ4v) is 3.80. The molecular weight excluding hydrogens is 350 g/mol. The van der Waals surface area contributed by atoms with Crippen LogP contribution in [-0.4, -0.2) is 50.5 Å². The largest absolute Gasteiger partial charge is 0.366 e. The van der Waals surface area contributed by atoms with Gasteiger partial charge in [0.05, 0.1) is 11.0 Å². The van der Waals surface area contributed by atoms with Crippen molar-refractivity contribution in [1.82, 2.24) is 24.8 Å². The van der Waals surface area contributed by atoms with E-state index in [0.717, 1.165) is 35.6 Å². The second kappa shape index (κ2) is 7.75. The summed E-state index contributed by atoms with van der Waals surface area (Å²) in [5.41, 5.74) is 5.36. The summed E-state index contributed by atoms with van der Waals surface area (Å²) in [5, 5.41) is 6.82. The molecule has 7 nitrogen and oxygen atoms in total. The molecule has 3 heterocycles. The molecule has 0 aliphatic carbocycles. The molecule has 1 aliphatic heterocycles. The van der Waals surface area contributed by atoms with Gasteiger partial charge in [-0.25, -0.2) is 9.97 Å². The smallest absolute Gasteiger partial charge is 0.231 e. The van der Waals surface area contributed by atoms with E-state index < -0.39 is 0 Å². The summed E-state index contributed by atoms with van der Waals surface area (Å²) in [4.78, 5) is 19.6. The van der Waals surface area contributed by atoms with Crippen LogP contribution in [0, 0.1) is 20.8 Å². The van der Waals surface area contributed by atoms with Gasteiger partial charge >= 0.3 is 0 Å². The third-order valence-corrected chi connectivity index (χ3v) is 5.49. The normalized spacial score (nSPS) is 17.8. The Hall–Kier alpha value is -2.67. The Labute approximate surface area is 166 Å². The van der Waals surface area contributed by atoms with Crippen LogP contribution >= 0.6 is 0 Å². The van der Waals surface area contributed by atoms with Crippen molar-refractivity contribution in [3.05, 3.63) is 35.0 Å². The first-order chi connectivity index (χ1) is 13.5. The minimum Gasteiger partial charge on any atom is -0.366 e. The minimum absolute atomic E-state index is 0.424. The van der Waals surface area contributed by atoms with E-state index in [-0.39, 0.29) is 0 Å². The zero-order valence-corrected chi connectivity index (χ0v) is 17.1. The molecule has 1 saturated heterocycles. The van der Waals surface area contributed by atoms with E-state index in [1.165, 1.54) is 30.5 Å². The number of hydrogen-bond acceptors (Lipinski definition) is 6. The van der Waals surface area contributed by atoms with Crippen molar-refractivity contribution >= 4 is 28.7 Å². The van der Waals surface area contributed by atoms with E-state index in [4.69, 9.17) is 0 Å². The summed E-state index contributed by atoms with van der Waals surface area (Å²) in [6, 6.07) is 6.64. The second-order valence-corrected chi connectivity index (χ2v) is 7.76. The molecule has 3 aromatic rings. The van der Waals surface area contributed by atoms with Gasteiger partial charge in [-0.15, -0.1) is 0 Å². The van der Waals surface area contributed by atoms with Crippen LogP contribution in [-0.2, 0) is 0 Å². The number of likely N-dealkylation sites (N-methyl/N-ethyl adjacent to an activating group) is 1. The van der Waals surface area contributed by atoms with Gasteiger partial charge in [0.1, 0.15) is 5.82 Å². The Kier molecular flexibility index (Phi) is 5.17. The molecule has 1 aromatic carbocycles. The van der Waals surface area contributed by atoms with Gasteiger partial charge in [0.15, 0.2) is 0 Å². The molecule has 0 radical (unpaired) electrons.